The molecule has 1 heterocycles. The average molecular weight is 288 g/mol. The smallest absolute Gasteiger partial charge is 0.227 e. The highest BCUT2D eigenvalue weighted by Crippen LogP contribution is 2.39. The summed E-state index contributed by atoms with van der Waals surface area (Å²) in [6.45, 7) is 2.51. The first-order valence-electron chi connectivity index (χ1n) is 6.64. The van der Waals surface area contributed by atoms with Crippen LogP contribution in [0.5, 0.6) is 5.75 Å². The van der Waals surface area contributed by atoms with E-state index >= 15 is 0 Å². The van der Waals surface area contributed by atoms with Gasteiger partial charge in [-0.2, -0.15) is 0 Å². The highest BCUT2D eigenvalue weighted by molar-refractivity contribution is 7.07. The molecule has 0 bridgehead atoms. The number of carbonyl (C=O) groups excluding carboxylic acids is 1. The number of ether oxygens (including phenoxy) is 1. The maximum atomic E-state index is 12.0. The topological polar surface area (TPSA) is 51.2 Å². The number of benzene rings is 1. The highest BCUT2D eigenvalue weighted by atomic mass is 32.1. The third-order valence-corrected chi connectivity index (χ3v) is 4.09. The van der Waals surface area contributed by atoms with Crippen LogP contribution in [0.1, 0.15) is 19.0 Å². The Labute approximate surface area is 121 Å². The van der Waals surface area contributed by atoms with Crippen LogP contribution in [-0.2, 0) is 11.4 Å². The molecule has 1 saturated carbocycles. The fourth-order valence-corrected chi connectivity index (χ4v) is 2.61. The van der Waals surface area contributed by atoms with Gasteiger partial charge >= 0.3 is 0 Å². The molecule has 0 aliphatic heterocycles. The molecule has 2 atom stereocenters. The zero-order valence-corrected chi connectivity index (χ0v) is 12.0. The van der Waals surface area contributed by atoms with E-state index in [1.54, 1.807) is 16.8 Å². The second-order valence-corrected chi connectivity index (χ2v) is 5.79. The van der Waals surface area contributed by atoms with Crippen LogP contribution in [0.3, 0.4) is 0 Å². The zero-order valence-electron chi connectivity index (χ0n) is 11.2. The van der Waals surface area contributed by atoms with E-state index in [1.807, 2.05) is 29.6 Å². The number of hydrogen-bond acceptors (Lipinski definition) is 4. The number of anilines is 1. The molecular formula is C15H16N2O2S. The van der Waals surface area contributed by atoms with Gasteiger partial charge in [0.1, 0.15) is 12.4 Å². The predicted octanol–water partition coefficient (Wildman–Crippen LogP) is 3.32. The van der Waals surface area contributed by atoms with Crippen molar-refractivity contribution in [3.05, 3.63) is 40.8 Å². The Morgan fingerprint density at radius 3 is 3.00 bits per heavy atom. The molecule has 0 spiro atoms. The largest absolute Gasteiger partial charge is 0.485 e. The molecule has 4 nitrogen and oxygen atoms in total. The number of rotatable bonds is 5. The van der Waals surface area contributed by atoms with E-state index < -0.39 is 0 Å². The minimum atomic E-state index is 0.0854. The maximum Gasteiger partial charge on any atom is 0.227 e. The zero-order chi connectivity index (χ0) is 13.9. The number of thiazole rings is 1. The van der Waals surface area contributed by atoms with Gasteiger partial charge in [-0.15, -0.1) is 11.3 Å². The molecule has 1 N–H and O–H groups in total. The SMILES string of the molecule is C[C@H]1C[C@H]1C(=O)Nc1ccccc1OCc1cscn1. The Morgan fingerprint density at radius 2 is 2.30 bits per heavy atom. The molecule has 0 unspecified atom stereocenters. The molecule has 0 saturated heterocycles. The molecule has 5 heteroatoms. The van der Waals surface area contributed by atoms with Crippen LogP contribution in [0.15, 0.2) is 35.2 Å². The van der Waals surface area contributed by atoms with E-state index in [0.29, 0.717) is 18.3 Å². The first-order valence-corrected chi connectivity index (χ1v) is 7.58. The van der Waals surface area contributed by atoms with Gasteiger partial charge in [0.05, 0.1) is 16.9 Å². The molecule has 1 fully saturated rings. The van der Waals surface area contributed by atoms with Crippen molar-refractivity contribution in [3.63, 3.8) is 0 Å². The van der Waals surface area contributed by atoms with Crippen LogP contribution >= 0.6 is 11.3 Å². The second-order valence-electron chi connectivity index (χ2n) is 5.07. The summed E-state index contributed by atoms with van der Waals surface area (Å²) < 4.78 is 5.74. The second kappa shape index (κ2) is 5.63. The lowest BCUT2D eigenvalue weighted by Crippen LogP contribution is -2.15. The van der Waals surface area contributed by atoms with Crippen LogP contribution in [0.4, 0.5) is 5.69 Å². The average Bonchev–Trinajstić information content (AvgIpc) is 2.98. The Hall–Kier alpha value is -1.88. The van der Waals surface area contributed by atoms with Crippen molar-refractivity contribution < 1.29 is 9.53 Å². The third kappa shape index (κ3) is 2.99. The molecule has 1 aliphatic carbocycles. The summed E-state index contributed by atoms with van der Waals surface area (Å²) in [4.78, 5) is 16.2. The third-order valence-electron chi connectivity index (χ3n) is 3.45. The van der Waals surface area contributed by atoms with E-state index in [-0.39, 0.29) is 11.8 Å². The molecule has 1 aliphatic rings. The number of aromatic nitrogens is 1. The van der Waals surface area contributed by atoms with Crippen LogP contribution in [0, 0.1) is 11.8 Å². The number of carbonyl (C=O) groups is 1. The predicted molar refractivity (Wildman–Crippen MR) is 78.8 cm³/mol. The normalized spacial score (nSPS) is 20.4. The van der Waals surface area contributed by atoms with Gasteiger partial charge in [0, 0.05) is 11.3 Å². The summed E-state index contributed by atoms with van der Waals surface area (Å²) in [5.41, 5.74) is 3.40. The fraction of sp³-hybridized carbons (Fsp3) is 0.333. The number of nitrogens with one attached hydrogen (secondary N) is 1. The summed E-state index contributed by atoms with van der Waals surface area (Å²) in [5, 5.41) is 4.90. The molecule has 2 aromatic rings. The van der Waals surface area contributed by atoms with Crippen molar-refractivity contribution in [1.82, 2.24) is 4.98 Å². The Bertz CT molecular complexity index is 598. The lowest BCUT2D eigenvalue weighted by atomic mass is 10.2. The van der Waals surface area contributed by atoms with Crippen molar-refractivity contribution >= 4 is 22.9 Å². The lowest BCUT2D eigenvalue weighted by molar-refractivity contribution is -0.117. The van der Waals surface area contributed by atoms with E-state index in [1.165, 1.54) is 0 Å². The quantitative estimate of drug-likeness (QED) is 0.918. The summed E-state index contributed by atoms with van der Waals surface area (Å²) in [6.07, 6.45) is 0.980. The van der Waals surface area contributed by atoms with Crippen molar-refractivity contribution in [2.45, 2.75) is 20.0 Å². The number of amides is 1. The summed E-state index contributed by atoms with van der Waals surface area (Å²) in [6, 6.07) is 7.51. The first kappa shape index (κ1) is 13.1. The molecule has 3 rings (SSSR count). The van der Waals surface area contributed by atoms with Gasteiger partial charge in [0.2, 0.25) is 5.91 Å². The number of nitrogens with zero attached hydrogens (tertiary/aromatic N) is 1. The van der Waals surface area contributed by atoms with Gasteiger partial charge in [-0.1, -0.05) is 19.1 Å². The first-order chi connectivity index (χ1) is 9.74. The minimum Gasteiger partial charge on any atom is -0.485 e. The highest BCUT2D eigenvalue weighted by Gasteiger charge is 2.39. The van der Waals surface area contributed by atoms with Crippen LogP contribution in [0.2, 0.25) is 0 Å². The van der Waals surface area contributed by atoms with Gasteiger partial charge in [0.25, 0.3) is 0 Å². The minimum absolute atomic E-state index is 0.0854. The summed E-state index contributed by atoms with van der Waals surface area (Å²) in [5.74, 6) is 1.42. The standard InChI is InChI=1S/C15H16N2O2S/c1-10-6-12(10)15(18)17-13-4-2-3-5-14(13)19-7-11-8-20-9-16-11/h2-5,8-10,12H,6-7H2,1H3,(H,17,18)/t10-,12+/m0/s1. The molecule has 20 heavy (non-hydrogen) atoms. The number of para-hydroxylation sites is 2. The van der Waals surface area contributed by atoms with Gasteiger partial charge in [-0.25, -0.2) is 4.98 Å². The molecule has 0 radical (unpaired) electrons. The van der Waals surface area contributed by atoms with Crippen LogP contribution < -0.4 is 10.1 Å². The van der Waals surface area contributed by atoms with Crippen LogP contribution in [-0.4, -0.2) is 10.9 Å². The molecule has 1 aromatic carbocycles. The maximum absolute atomic E-state index is 12.0. The van der Waals surface area contributed by atoms with Crippen molar-refractivity contribution in [2.75, 3.05) is 5.32 Å². The van der Waals surface area contributed by atoms with Gasteiger partial charge < -0.3 is 10.1 Å². The van der Waals surface area contributed by atoms with Crippen molar-refractivity contribution in [2.24, 2.45) is 11.8 Å². The lowest BCUT2D eigenvalue weighted by Gasteiger charge is -2.11. The monoisotopic (exact) mass is 288 g/mol. The summed E-state index contributed by atoms with van der Waals surface area (Å²) >= 11 is 1.54. The van der Waals surface area contributed by atoms with Crippen molar-refractivity contribution in [1.29, 1.82) is 0 Å². The van der Waals surface area contributed by atoms with E-state index in [9.17, 15) is 4.79 Å². The van der Waals surface area contributed by atoms with Gasteiger partial charge in [-0.3, -0.25) is 4.79 Å². The Morgan fingerprint density at radius 1 is 1.50 bits per heavy atom. The van der Waals surface area contributed by atoms with Crippen LogP contribution in [0.25, 0.3) is 0 Å². The van der Waals surface area contributed by atoms with E-state index in [4.69, 9.17) is 4.74 Å². The molecule has 104 valence electrons. The van der Waals surface area contributed by atoms with Gasteiger partial charge in [-0.05, 0) is 24.5 Å². The molecule has 1 aromatic heterocycles. The fourth-order valence-electron chi connectivity index (χ4n) is 2.07. The van der Waals surface area contributed by atoms with Gasteiger partial charge in [0.15, 0.2) is 0 Å². The molecular weight excluding hydrogens is 272 g/mol. The summed E-state index contributed by atoms with van der Waals surface area (Å²) in [7, 11) is 0. The van der Waals surface area contributed by atoms with Crippen molar-refractivity contribution in [3.8, 4) is 5.75 Å². The molecule has 1 amide bonds. The Balaban J connectivity index is 1.66. The van der Waals surface area contributed by atoms with E-state index in [2.05, 4.69) is 17.2 Å². The Kier molecular flexibility index (Phi) is 3.69. The van der Waals surface area contributed by atoms with E-state index in [0.717, 1.165) is 17.8 Å². The number of hydrogen-bond donors (Lipinski definition) is 1.